The molecule has 0 unspecified atom stereocenters. The van der Waals surface area contributed by atoms with Crippen molar-refractivity contribution in [2.75, 3.05) is 42.2 Å². The summed E-state index contributed by atoms with van der Waals surface area (Å²) >= 11 is 0. The van der Waals surface area contributed by atoms with Gasteiger partial charge in [0, 0.05) is 73.6 Å². The van der Waals surface area contributed by atoms with Gasteiger partial charge in [0.15, 0.2) is 5.82 Å². The predicted molar refractivity (Wildman–Crippen MR) is 205 cm³/mol. The molecule has 4 heterocycles. The average Bonchev–Trinajstić information content (AvgIpc) is 3.44. The fourth-order valence-electron chi connectivity index (χ4n) is 7.59. The van der Waals surface area contributed by atoms with Crippen LogP contribution in [0, 0.1) is 20.8 Å². The molecule has 51 heavy (non-hydrogen) atoms. The van der Waals surface area contributed by atoms with E-state index in [9.17, 15) is 16.8 Å². The van der Waals surface area contributed by atoms with Crippen molar-refractivity contribution in [1.82, 2.24) is 18.2 Å². The Morgan fingerprint density at radius 3 is 2.27 bits per heavy atom. The quantitative estimate of drug-likeness (QED) is 0.189. The Kier molecular flexibility index (Phi) is 9.00. The molecule has 1 saturated heterocycles. The van der Waals surface area contributed by atoms with Crippen molar-refractivity contribution in [2.45, 2.75) is 71.4 Å². The molecule has 0 bridgehead atoms. The van der Waals surface area contributed by atoms with Gasteiger partial charge in [0.2, 0.25) is 10.0 Å². The van der Waals surface area contributed by atoms with Crippen molar-refractivity contribution < 1.29 is 16.8 Å². The van der Waals surface area contributed by atoms with E-state index < -0.39 is 20.0 Å². The van der Waals surface area contributed by atoms with Crippen LogP contribution in [0.3, 0.4) is 0 Å². The molecule has 7 rings (SSSR count). The van der Waals surface area contributed by atoms with E-state index in [0.29, 0.717) is 49.9 Å². The highest BCUT2D eigenvalue weighted by molar-refractivity contribution is 7.90. The maximum atomic E-state index is 13.9. The van der Waals surface area contributed by atoms with Gasteiger partial charge in [-0.2, -0.15) is 4.31 Å². The van der Waals surface area contributed by atoms with Crippen molar-refractivity contribution in [2.24, 2.45) is 0 Å². The molecular formula is C39H46N6O4S2. The molecule has 10 nitrogen and oxygen atoms in total. The first kappa shape index (κ1) is 35.2. The van der Waals surface area contributed by atoms with E-state index in [0.717, 1.165) is 45.7 Å². The molecule has 268 valence electrons. The number of anilines is 2. The Balaban J connectivity index is 1.36. The number of benzene rings is 3. The molecule has 0 saturated carbocycles. The van der Waals surface area contributed by atoms with E-state index >= 15 is 0 Å². The van der Waals surface area contributed by atoms with Gasteiger partial charge < -0.3 is 9.80 Å². The summed E-state index contributed by atoms with van der Waals surface area (Å²) in [5.74, 6) is 1.75. The molecule has 12 heteroatoms. The third kappa shape index (κ3) is 6.42. The number of piperazine rings is 1. The summed E-state index contributed by atoms with van der Waals surface area (Å²) in [5.41, 5.74) is 8.83. The van der Waals surface area contributed by atoms with Crippen LogP contribution in [0.2, 0.25) is 0 Å². The zero-order valence-electron chi connectivity index (χ0n) is 30.4. The summed E-state index contributed by atoms with van der Waals surface area (Å²) in [4.78, 5) is 15.3. The first-order valence-electron chi connectivity index (χ1n) is 17.5. The lowest BCUT2D eigenvalue weighted by atomic mass is 9.98. The molecule has 5 aromatic rings. The lowest BCUT2D eigenvalue weighted by molar-refractivity contribution is 0.307. The summed E-state index contributed by atoms with van der Waals surface area (Å²) in [6, 6.07) is 19.0. The van der Waals surface area contributed by atoms with Crippen LogP contribution in [0.25, 0.3) is 22.3 Å². The van der Waals surface area contributed by atoms with Crippen molar-refractivity contribution in [3.05, 3.63) is 100 Å². The van der Waals surface area contributed by atoms with E-state index in [-0.39, 0.29) is 10.9 Å². The van der Waals surface area contributed by atoms with Crippen LogP contribution in [0.4, 0.5) is 11.5 Å². The van der Waals surface area contributed by atoms with Gasteiger partial charge in [0.25, 0.3) is 10.0 Å². The van der Waals surface area contributed by atoms with E-state index in [1.807, 2.05) is 39.0 Å². The number of aromatic nitrogens is 3. The van der Waals surface area contributed by atoms with Gasteiger partial charge in [-0.1, -0.05) is 55.8 Å². The summed E-state index contributed by atoms with van der Waals surface area (Å²) in [7, 11) is -7.22. The summed E-state index contributed by atoms with van der Waals surface area (Å²) in [6.45, 7) is 15.1. The molecule has 0 radical (unpaired) electrons. The van der Waals surface area contributed by atoms with Crippen LogP contribution < -0.4 is 9.80 Å². The highest BCUT2D eigenvalue weighted by Gasteiger charge is 2.34. The summed E-state index contributed by atoms with van der Waals surface area (Å²) in [5, 5.41) is 0.785. The number of nitrogens with zero attached hydrogens (tertiary/aromatic N) is 6. The lowest BCUT2D eigenvalue weighted by Crippen LogP contribution is -2.54. The molecule has 0 spiro atoms. The predicted octanol–water partition coefficient (Wildman–Crippen LogP) is 6.42. The van der Waals surface area contributed by atoms with Crippen molar-refractivity contribution in [1.29, 1.82) is 0 Å². The lowest BCUT2D eigenvalue weighted by Gasteiger charge is -2.41. The largest absolute Gasteiger partial charge is 0.366 e. The van der Waals surface area contributed by atoms with Gasteiger partial charge in [0.1, 0.15) is 5.82 Å². The Hall–Kier alpha value is -4.26. The van der Waals surface area contributed by atoms with Gasteiger partial charge in [-0.05, 0) is 74.6 Å². The highest BCUT2D eigenvalue weighted by atomic mass is 32.2. The highest BCUT2D eigenvalue weighted by Crippen LogP contribution is 2.38. The average molecular weight is 727 g/mol. The minimum Gasteiger partial charge on any atom is -0.366 e. The third-order valence-corrected chi connectivity index (χ3v) is 13.5. The summed E-state index contributed by atoms with van der Waals surface area (Å²) < 4.78 is 55.9. The minimum absolute atomic E-state index is 0.226. The Bertz CT molecular complexity index is 2370. The fraction of sp³-hybridized carbons (Fsp3) is 0.385. The third-order valence-electron chi connectivity index (χ3n) is 10.4. The van der Waals surface area contributed by atoms with Crippen LogP contribution in [0.15, 0.2) is 71.8 Å². The molecule has 2 aliphatic rings. The minimum atomic E-state index is -3.86. The molecule has 1 atom stereocenters. The summed E-state index contributed by atoms with van der Waals surface area (Å²) in [6.07, 6.45) is 3.66. The second kappa shape index (κ2) is 13.1. The van der Waals surface area contributed by atoms with Crippen LogP contribution in [-0.4, -0.2) is 73.6 Å². The normalized spacial score (nSPS) is 17.4. The Morgan fingerprint density at radius 2 is 1.59 bits per heavy atom. The first-order valence-corrected chi connectivity index (χ1v) is 20.8. The molecule has 0 amide bonds. The topological polar surface area (TPSA) is 109 Å². The molecule has 2 aromatic heterocycles. The van der Waals surface area contributed by atoms with E-state index in [1.165, 1.54) is 27.0 Å². The fourth-order valence-corrected chi connectivity index (χ4v) is 10.1. The monoisotopic (exact) mass is 726 g/mol. The number of hydrogen-bond acceptors (Lipinski definition) is 8. The zero-order chi connectivity index (χ0) is 36.4. The molecular weight excluding hydrogens is 681 g/mol. The second-order valence-corrected chi connectivity index (χ2v) is 18.2. The number of sulfonamides is 1. The standard InChI is InChI=1S/C39H46N6O4S2/c1-25(2)30-14-13-27(4)36(21-30)42-18-17-34-33(24-42)39(43-19-20-44(29(6)23-43)50(7,46)47)41-38(40-34)32-9-8-10-35-37(32)28(5)22-45(35)51(48,49)31-15-11-26(3)12-16-31/h8-16,21-22,25,29H,17-20,23-24H2,1-7H3/t29-/m1/s1. The number of fused-ring (bicyclic) bond motifs is 2. The maximum Gasteiger partial charge on any atom is 0.268 e. The van der Waals surface area contributed by atoms with Gasteiger partial charge >= 0.3 is 0 Å². The number of hydrogen-bond donors (Lipinski definition) is 0. The van der Waals surface area contributed by atoms with Crippen molar-refractivity contribution in [3.63, 3.8) is 0 Å². The van der Waals surface area contributed by atoms with Crippen molar-refractivity contribution >= 4 is 42.5 Å². The van der Waals surface area contributed by atoms with Crippen LogP contribution in [0.5, 0.6) is 0 Å². The molecule has 0 aliphatic carbocycles. The molecule has 3 aromatic carbocycles. The van der Waals surface area contributed by atoms with Gasteiger partial charge in [-0.25, -0.2) is 30.8 Å². The van der Waals surface area contributed by atoms with E-state index in [4.69, 9.17) is 9.97 Å². The maximum absolute atomic E-state index is 13.9. The van der Waals surface area contributed by atoms with Gasteiger partial charge in [0.05, 0.1) is 22.4 Å². The molecule has 1 fully saturated rings. The zero-order valence-corrected chi connectivity index (χ0v) is 32.0. The van der Waals surface area contributed by atoms with Crippen LogP contribution >= 0.6 is 0 Å². The smallest absolute Gasteiger partial charge is 0.268 e. The van der Waals surface area contributed by atoms with Gasteiger partial charge in [-0.15, -0.1) is 0 Å². The van der Waals surface area contributed by atoms with Crippen LogP contribution in [-0.2, 0) is 33.0 Å². The Morgan fingerprint density at radius 1 is 0.843 bits per heavy atom. The van der Waals surface area contributed by atoms with E-state index in [2.05, 4.69) is 48.8 Å². The second-order valence-electron chi connectivity index (χ2n) is 14.5. The number of aryl methyl sites for hydroxylation is 3. The van der Waals surface area contributed by atoms with E-state index in [1.54, 1.807) is 34.8 Å². The van der Waals surface area contributed by atoms with Crippen LogP contribution in [0.1, 0.15) is 60.2 Å². The SMILES string of the molecule is Cc1ccc(S(=O)(=O)n2cc(C)c3c(-c4nc5c(c(N6CCN(S(C)(=O)=O)[C@H](C)C6)n4)CN(c4cc(C(C)C)ccc4C)CC5)cccc32)cc1. The Labute approximate surface area is 301 Å². The molecule has 0 N–H and O–H groups in total. The van der Waals surface area contributed by atoms with Gasteiger partial charge in [-0.3, -0.25) is 0 Å². The number of rotatable bonds is 7. The van der Waals surface area contributed by atoms with Crippen molar-refractivity contribution in [3.8, 4) is 11.4 Å². The first-order chi connectivity index (χ1) is 24.1. The molecule has 2 aliphatic heterocycles.